The number of aromatic nitrogens is 5. The highest BCUT2D eigenvalue weighted by atomic mass is 16.4. The van der Waals surface area contributed by atoms with Gasteiger partial charge in [-0.25, -0.2) is 0 Å². The Bertz CT molecular complexity index is 520. The molecule has 7 heteroatoms. The maximum Gasteiger partial charge on any atom is 0.309 e. The number of rotatable bonds is 4. The fraction of sp³-hybridized carbons (Fsp3) is 0.300. The number of aliphatic carboxylic acids is 1. The number of aryl methyl sites for hydroxylation is 2. The minimum Gasteiger partial charge on any atom is -0.481 e. The van der Waals surface area contributed by atoms with Gasteiger partial charge in [-0.2, -0.15) is 0 Å². The van der Waals surface area contributed by atoms with E-state index in [0.717, 1.165) is 11.4 Å². The van der Waals surface area contributed by atoms with E-state index in [1.807, 2.05) is 13.1 Å². The Hall–Kier alpha value is -2.31. The van der Waals surface area contributed by atoms with Gasteiger partial charge in [0.25, 0.3) is 0 Å². The van der Waals surface area contributed by atoms with Gasteiger partial charge in [0, 0.05) is 18.7 Å². The molecule has 88 valence electrons. The first-order chi connectivity index (χ1) is 8.16. The lowest BCUT2D eigenvalue weighted by atomic mass is 10.3. The van der Waals surface area contributed by atoms with Crippen LogP contribution in [0.2, 0.25) is 0 Å². The molecule has 7 nitrogen and oxygen atoms in total. The molecule has 2 aromatic rings. The van der Waals surface area contributed by atoms with E-state index in [1.165, 1.54) is 0 Å². The molecule has 0 aliphatic heterocycles. The number of hydrogen-bond donors (Lipinski definition) is 1. The first-order valence-corrected chi connectivity index (χ1v) is 5.09. The minimum absolute atomic E-state index is 0.0565. The van der Waals surface area contributed by atoms with Crippen LogP contribution in [0.4, 0.5) is 0 Å². The van der Waals surface area contributed by atoms with Crippen molar-refractivity contribution in [2.45, 2.75) is 13.0 Å². The Balaban J connectivity index is 2.13. The average molecular weight is 234 g/mol. The fourth-order valence-corrected chi connectivity index (χ4v) is 1.40. The van der Waals surface area contributed by atoms with Crippen molar-refractivity contribution in [1.29, 1.82) is 0 Å². The van der Waals surface area contributed by atoms with Crippen LogP contribution in [0.25, 0.3) is 11.4 Å². The van der Waals surface area contributed by atoms with Gasteiger partial charge in [-0.15, -0.1) is 10.2 Å². The van der Waals surface area contributed by atoms with Crippen LogP contribution in [0.15, 0.2) is 24.8 Å². The summed E-state index contributed by atoms with van der Waals surface area (Å²) in [6.07, 6.45) is 5.04. The van der Waals surface area contributed by atoms with Gasteiger partial charge in [0.1, 0.15) is 18.9 Å². The van der Waals surface area contributed by atoms with Gasteiger partial charge in [0.05, 0.1) is 0 Å². The van der Waals surface area contributed by atoms with Crippen LogP contribution in [-0.2, 0) is 18.4 Å². The van der Waals surface area contributed by atoms with Crippen LogP contribution in [-0.4, -0.2) is 30.9 Å². The molecule has 0 saturated heterocycles. The number of hydrogen-bond acceptors (Lipinski definition) is 4. The van der Waals surface area contributed by atoms with Crippen LogP contribution in [0.5, 0.6) is 0 Å². The second kappa shape index (κ2) is 4.69. The van der Waals surface area contributed by atoms with E-state index in [9.17, 15) is 4.79 Å². The molecule has 2 rings (SSSR count). The zero-order chi connectivity index (χ0) is 12.3. The van der Waals surface area contributed by atoms with Gasteiger partial charge >= 0.3 is 5.97 Å². The van der Waals surface area contributed by atoms with Crippen molar-refractivity contribution in [2.75, 3.05) is 0 Å². The third-order valence-electron chi connectivity index (χ3n) is 2.30. The molecule has 1 N–H and O–H groups in total. The summed E-state index contributed by atoms with van der Waals surface area (Å²) >= 11 is 0. The molecule has 2 aromatic heterocycles. The lowest BCUT2D eigenvalue weighted by molar-refractivity contribution is -0.752. The second-order valence-corrected chi connectivity index (χ2v) is 3.59. The highest BCUT2D eigenvalue weighted by Crippen LogP contribution is 2.11. The highest BCUT2D eigenvalue weighted by molar-refractivity contribution is 5.66. The summed E-state index contributed by atoms with van der Waals surface area (Å²) in [7, 11) is 1.85. The Kier molecular flexibility index (Phi) is 3.08. The smallest absolute Gasteiger partial charge is 0.309 e. The number of carbonyl (C=O) groups is 1. The molecule has 0 aromatic carbocycles. The first kappa shape index (κ1) is 11.2. The molecule has 0 spiro atoms. The summed E-state index contributed by atoms with van der Waals surface area (Å²) < 4.78 is 3.37. The van der Waals surface area contributed by atoms with Gasteiger partial charge in [0.2, 0.25) is 0 Å². The van der Waals surface area contributed by atoms with Gasteiger partial charge in [0.15, 0.2) is 18.6 Å². The lowest BCUT2D eigenvalue weighted by Crippen LogP contribution is -2.38. The molecule has 0 fully saturated rings. The Morgan fingerprint density at radius 3 is 2.94 bits per heavy atom. The summed E-state index contributed by atoms with van der Waals surface area (Å²) in [5.74, 6) is -0.112. The summed E-state index contributed by atoms with van der Waals surface area (Å²) in [4.78, 5) is 10.4. The van der Waals surface area contributed by atoms with E-state index >= 15 is 0 Å². The van der Waals surface area contributed by atoms with E-state index < -0.39 is 5.97 Å². The minimum atomic E-state index is -0.836. The Morgan fingerprint density at radius 2 is 2.41 bits per heavy atom. The molecule has 0 radical (unpaired) electrons. The molecule has 0 aliphatic rings. The van der Waals surface area contributed by atoms with Crippen molar-refractivity contribution in [2.24, 2.45) is 7.05 Å². The van der Waals surface area contributed by atoms with Crippen molar-refractivity contribution in [3.63, 3.8) is 0 Å². The number of nitrogens with zero attached hydrogens (tertiary/aromatic N) is 5. The maximum absolute atomic E-state index is 10.4. The zero-order valence-corrected chi connectivity index (χ0v) is 9.32. The molecule has 0 saturated carbocycles. The molecule has 0 atom stereocenters. The molecule has 2 heterocycles. The van der Waals surface area contributed by atoms with E-state index in [2.05, 4.69) is 15.3 Å². The third kappa shape index (κ3) is 2.63. The standard InChI is InChI=1S/C10H11N5O2/c1-14-7-11-13-10(14)8-2-4-15(12-6-8)5-3-9(16)17/h2,4,6-7H,3,5H2,1H3/p+1. The van der Waals surface area contributed by atoms with Gasteiger partial charge < -0.3 is 9.67 Å². The predicted octanol–water partition coefficient (Wildman–Crippen LogP) is -0.361. The summed E-state index contributed by atoms with van der Waals surface area (Å²) in [6, 6.07) is 1.83. The summed E-state index contributed by atoms with van der Waals surface area (Å²) in [6.45, 7) is 0.356. The van der Waals surface area contributed by atoms with Crippen molar-refractivity contribution in [1.82, 2.24) is 19.9 Å². The van der Waals surface area contributed by atoms with Gasteiger partial charge in [-0.3, -0.25) is 4.79 Å². The Morgan fingerprint density at radius 1 is 1.59 bits per heavy atom. The summed E-state index contributed by atoms with van der Waals surface area (Å²) in [5, 5.41) is 20.4. The molecular weight excluding hydrogens is 222 g/mol. The second-order valence-electron chi connectivity index (χ2n) is 3.59. The van der Waals surface area contributed by atoms with Crippen LogP contribution in [0, 0.1) is 0 Å². The van der Waals surface area contributed by atoms with Crippen molar-refractivity contribution < 1.29 is 14.6 Å². The number of carboxylic acids is 1. The van der Waals surface area contributed by atoms with E-state index in [4.69, 9.17) is 5.11 Å². The third-order valence-corrected chi connectivity index (χ3v) is 2.30. The Labute approximate surface area is 97.3 Å². The predicted molar refractivity (Wildman–Crippen MR) is 56.7 cm³/mol. The monoisotopic (exact) mass is 234 g/mol. The van der Waals surface area contributed by atoms with Crippen LogP contribution >= 0.6 is 0 Å². The first-order valence-electron chi connectivity index (χ1n) is 5.09. The largest absolute Gasteiger partial charge is 0.481 e. The van der Waals surface area contributed by atoms with Crippen LogP contribution in [0.3, 0.4) is 0 Å². The van der Waals surface area contributed by atoms with Crippen LogP contribution in [0.1, 0.15) is 6.42 Å². The van der Waals surface area contributed by atoms with Gasteiger partial charge in [-0.1, -0.05) is 4.68 Å². The molecule has 17 heavy (non-hydrogen) atoms. The van der Waals surface area contributed by atoms with E-state index in [0.29, 0.717) is 6.54 Å². The molecule has 0 aliphatic carbocycles. The molecule has 0 unspecified atom stereocenters. The van der Waals surface area contributed by atoms with E-state index in [1.54, 1.807) is 28.0 Å². The molecular formula is C10H12N5O2+. The number of carboxylic acid groups (broad SMARTS) is 1. The lowest BCUT2D eigenvalue weighted by Gasteiger charge is -1.98. The van der Waals surface area contributed by atoms with E-state index in [-0.39, 0.29) is 6.42 Å². The SMILES string of the molecule is Cn1cnnc1-c1cc[n+](CCC(=O)O)nc1. The normalized spacial score (nSPS) is 10.4. The van der Waals surface area contributed by atoms with Crippen molar-refractivity contribution in [3.05, 3.63) is 24.8 Å². The van der Waals surface area contributed by atoms with Crippen LogP contribution < -0.4 is 4.68 Å². The van der Waals surface area contributed by atoms with Crippen molar-refractivity contribution in [3.8, 4) is 11.4 Å². The molecule has 0 amide bonds. The maximum atomic E-state index is 10.4. The fourth-order valence-electron chi connectivity index (χ4n) is 1.40. The summed E-state index contributed by atoms with van der Waals surface area (Å²) in [5.41, 5.74) is 0.844. The highest BCUT2D eigenvalue weighted by Gasteiger charge is 2.09. The zero-order valence-electron chi connectivity index (χ0n) is 9.32. The van der Waals surface area contributed by atoms with Gasteiger partial charge in [-0.05, 0) is 5.10 Å². The quantitative estimate of drug-likeness (QED) is 0.730. The molecule has 0 bridgehead atoms. The average Bonchev–Trinajstić information content (AvgIpc) is 2.73. The topological polar surface area (TPSA) is 84.8 Å². The van der Waals surface area contributed by atoms with Crippen molar-refractivity contribution >= 4 is 5.97 Å².